The third-order valence-electron chi connectivity index (χ3n) is 2.79. The molecule has 0 aliphatic carbocycles. The molecule has 6 heteroatoms. The number of carbonyl (C=O) groups excluding carboxylic acids is 1. The van der Waals surface area contributed by atoms with Gasteiger partial charge in [-0.2, -0.15) is 0 Å². The lowest BCUT2D eigenvalue weighted by Crippen LogP contribution is -2.23. The second-order valence-corrected chi connectivity index (χ2v) is 4.12. The number of nitrogens with one attached hydrogen (secondary N) is 1. The largest absolute Gasteiger partial charge is 0.469 e. The lowest BCUT2D eigenvalue weighted by Gasteiger charge is -2.15. The van der Waals surface area contributed by atoms with Crippen LogP contribution in [0.25, 0.3) is 11.1 Å². The van der Waals surface area contributed by atoms with Crippen molar-refractivity contribution in [2.45, 2.75) is 6.42 Å². The van der Waals surface area contributed by atoms with Gasteiger partial charge in [0, 0.05) is 49.5 Å². The molecule has 0 bridgehead atoms. The summed E-state index contributed by atoms with van der Waals surface area (Å²) >= 11 is 0. The van der Waals surface area contributed by atoms with Gasteiger partial charge < -0.3 is 14.6 Å². The Balaban J connectivity index is 2.00. The van der Waals surface area contributed by atoms with Gasteiger partial charge in [-0.15, -0.1) is 0 Å². The van der Waals surface area contributed by atoms with Crippen molar-refractivity contribution in [2.75, 3.05) is 25.6 Å². The van der Waals surface area contributed by atoms with Crippen LogP contribution >= 0.6 is 0 Å². The molecule has 0 atom stereocenters. The van der Waals surface area contributed by atoms with Gasteiger partial charge in [0.25, 0.3) is 0 Å². The number of hydrogen-bond donors (Lipinski definition) is 1. The van der Waals surface area contributed by atoms with E-state index in [-0.39, 0.29) is 5.97 Å². The Hall–Kier alpha value is -2.37. The smallest absolute Gasteiger partial charge is 0.307 e. The van der Waals surface area contributed by atoms with Crippen molar-refractivity contribution in [2.24, 2.45) is 0 Å². The molecule has 19 heavy (non-hydrogen) atoms. The highest BCUT2D eigenvalue weighted by Crippen LogP contribution is 2.17. The van der Waals surface area contributed by atoms with Gasteiger partial charge in [0.05, 0.1) is 13.5 Å². The van der Waals surface area contributed by atoms with Crippen LogP contribution in [-0.4, -0.2) is 41.6 Å². The van der Waals surface area contributed by atoms with Crippen molar-refractivity contribution >= 4 is 11.9 Å². The summed E-state index contributed by atoms with van der Waals surface area (Å²) in [6, 6.07) is 1.96. The summed E-state index contributed by atoms with van der Waals surface area (Å²) in [4.78, 5) is 24.4. The van der Waals surface area contributed by atoms with Crippen molar-refractivity contribution in [1.29, 1.82) is 0 Å². The normalized spacial score (nSPS) is 10.2. The van der Waals surface area contributed by atoms with E-state index >= 15 is 0 Å². The molecule has 0 aromatic carbocycles. The van der Waals surface area contributed by atoms with Crippen molar-refractivity contribution < 1.29 is 9.53 Å². The van der Waals surface area contributed by atoms with Crippen molar-refractivity contribution in [3.05, 3.63) is 30.9 Å². The molecule has 0 spiro atoms. The number of ether oxygens (including phenoxy) is 1. The summed E-state index contributed by atoms with van der Waals surface area (Å²) < 4.78 is 4.59. The lowest BCUT2D eigenvalue weighted by molar-refractivity contribution is -0.140. The van der Waals surface area contributed by atoms with Gasteiger partial charge in [-0.05, 0) is 6.07 Å². The van der Waals surface area contributed by atoms with Gasteiger partial charge >= 0.3 is 5.97 Å². The average molecular weight is 260 g/mol. The predicted molar refractivity (Wildman–Crippen MR) is 71.7 cm³/mol. The zero-order valence-electron chi connectivity index (χ0n) is 11.0. The number of carbonyl (C=O) groups is 1. The average Bonchev–Trinajstić information content (AvgIpc) is 2.98. The number of esters is 1. The van der Waals surface area contributed by atoms with Crippen LogP contribution in [0.5, 0.6) is 0 Å². The van der Waals surface area contributed by atoms with E-state index in [9.17, 15) is 4.79 Å². The second kappa shape index (κ2) is 5.99. The number of hydrogen-bond acceptors (Lipinski definition) is 5. The third kappa shape index (κ3) is 3.31. The van der Waals surface area contributed by atoms with Crippen LogP contribution < -0.4 is 4.90 Å². The topological polar surface area (TPSA) is 71.1 Å². The fourth-order valence-corrected chi connectivity index (χ4v) is 1.63. The van der Waals surface area contributed by atoms with E-state index in [4.69, 9.17) is 0 Å². The third-order valence-corrected chi connectivity index (χ3v) is 2.79. The van der Waals surface area contributed by atoms with Crippen molar-refractivity contribution in [1.82, 2.24) is 15.0 Å². The SMILES string of the molecule is COC(=O)CCN(C)c1ncc(-c2cc[nH]c2)cn1. The zero-order chi connectivity index (χ0) is 13.7. The van der Waals surface area contributed by atoms with Crippen LogP contribution in [0.2, 0.25) is 0 Å². The van der Waals surface area contributed by atoms with Crippen LogP contribution in [0.1, 0.15) is 6.42 Å². The Morgan fingerprint density at radius 1 is 1.37 bits per heavy atom. The molecule has 100 valence electrons. The maximum absolute atomic E-state index is 11.1. The Kier molecular flexibility index (Phi) is 4.12. The van der Waals surface area contributed by atoms with E-state index in [2.05, 4.69) is 19.7 Å². The number of methoxy groups -OCH3 is 1. The molecule has 2 heterocycles. The van der Waals surface area contributed by atoms with Crippen LogP contribution in [0, 0.1) is 0 Å². The highest BCUT2D eigenvalue weighted by atomic mass is 16.5. The first-order valence-corrected chi connectivity index (χ1v) is 5.94. The molecule has 0 amide bonds. The molecule has 0 radical (unpaired) electrons. The van der Waals surface area contributed by atoms with E-state index in [1.807, 2.05) is 30.4 Å². The summed E-state index contributed by atoms with van der Waals surface area (Å²) in [5.74, 6) is 0.346. The minimum Gasteiger partial charge on any atom is -0.469 e. The molecular formula is C13H16N4O2. The van der Waals surface area contributed by atoms with E-state index in [0.29, 0.717) is 18.9 Å². The number of nitrogens with zero attached hydrogens (tertiary/aromatic N) is 3. The lowest BCUT2D eigenvalue weighted by atomic mass is 10.2. The summed E-state index contributed by atoms with van der Waals surface area (Å²) in [6.07, 6.45) is 7.58. The van der Waals surface area contributed by atoms with Gasteiger partial charge in [0.15, 0.2) is 0 Å². The number of aromatic nitrogens is 3. The zero-order valence-corrected chi connectivity index (χ0v) is 11.0. The van der Waals surface area contributed by atoms with Gasteiger partial charge in [-0.1, -0.05) is 0 Å². The summed E-state index contributed by atoms with van der Waals surface area (Å²) in [6.45, 7) is 0.524. The maximum Gasteiger partial charge on any atom is 0.307 e. The fraction of sp³-hybridized carbons (Fsp3) is 0.308. The van der Waals surface area contributed by atoms with Crippen LogP contribution in [-0.2, 0) is 9.53 Å². The molecule has 0 aliphatic rings. The number of aromatic amines is 1. The van der Waals surface area contributed by atoms with E-state index in [1.165, 1.54) is 7.11 Å². The van der Waals surface area contributed by atoms with E-state index in [0.717, 1.165) is 11.1 Å². The summed E-state index contributed by atoms with van der Waals surface area (Å²) in [5.41, 5.74) is 2.00. The van der Waals surface area contributed by atoms with Gasteiger partial charge in [0.2, 0.25) is 5.95 Å². The minimum atomic E-state index is -0.240. The monoisotopic (exact) mass is 260 g/mol. The standard InChI is InChI=1S/C13H16N4O2/c1-17(6-4-12(18)19-2)13-15-8-11(9-16-13)10-3-5-14-7-10/h3,5,7-9,14H,4,6H2,1-2H3. The summed E-state index contributed by atoms with van der Waals surface area (Å²) in [5, 5.41) is 0. The fourth-order valence-electron chi connectivity index (χ4n) is 1.63. The molecule has 6 nitrogen and oxygen atoms in total. The Labute approximate surface area is 111 Å². The van der Waals surface area contributed by atoms with Gasteiger partial charge in [-0.3, -0.25) is 4.79 Å². The Bertz CT molecular complexity index is 522. The van der Waals surface area contributed by atoms with Crippen LogP contribution in [0.3, 0.4) is 0 Å². The molecule has 0 unspecified atom stereocenters. The maximum atomic E-state index is 11.1. The molecule has 2 aromatic rings. The number of rotatable bonds is 5. The van der Waals surface area contributed by atoms with Crippen LogP contribution in [0.4, 0.5) is 5.95 Å². The molecule has 2 aromatic heterocycles. The second-order valence-electron chi connectivity index (χ2n) is 4.12. The quantitative estimate of drug-likeness (QED) is 0.824. The molecule has 1 N–H and O–H groups in total. The minimum absolute atomic E-state index is 0.240. The van der Waals surface area contributed by atoms with Gasteiger partial charge in [0.1, 0.15) is 0 Å². The Morgan fingerprint density at radius 3 is 2.68 bits per heavy atom. The first kappa shape index (κ1) is 13.1. The van der Waals surface area contributed by atoms with E-state index in [1.54, 1.807) is 12.4 Å². The number of anilines is 1. The molecule has 2 rings (SSSR count). The molecule has 0 aliphatic heterocycles. The van der Waals surface area contributed by atoms with Crippen LogP contribution in [0.15, 0.2) is 30.9 Å². The molecule has 0 saturated carbocycles. The highest BCUT2D eigenvalue weighted by Gasteiger charge is 2.08. The predicted octanol–water partition coefficient (Wildman–Crippen LogP) is 1.47. The van der Waals surface area contributed by atoms with Crippen molar-refractivity contribution in [3.8, 4) is 11.1 Å². The van der Waals surface area contributed by atoms with E-state index < -0.39 is 0 Å². The Morgan fingerprint density at radius 2 is 2.11 bits per heavy atom. The number of H-pyrrole nitrogens is 1. The first-order chi connectivity index (χ1) is 9.20. The van der Waals surface area contributed by atoms with Gasteiger partial charge in [-0.25, -0.2) is 9.97 Å². The molecule has 0 saturated heterocycles. The summed E-state index contributed by atoms with van der Waals surface area (Å²) in [7, 11) is 3.22. The highest BCUT2D eigenvalue weighted by molar-refractivity contribution is 5.69. The molecule has 0 fully saturated rings. The molecular weight excluding hydrogens is 244 g/mol. The van der Waals surface area contributed by atoms with Crippen molar-refractivity contribution in [3.63, 3.8) is 0 Å². The first-order valence-electron chi connectivity index (χ1n) is 5.94.